The molecule has 0 saturated heterocycles. The van der Waals surface area contributed by atoms with E-state index in [0.717, 1.165) is 32.1 Å². The lowest BCUT2D eigenvalue weighted by molar-refractivity contribution is 0.0872. The Morgan fingerprint density at radius 3 is 2.52 bits per heavy atom. The van der Waals surface area contributed by atoms with Crippen molar-refractivity contribution in [3.05, 3.63) is 34.4 Å². The lowest BCUT2D eigenvalue weighted by Crippen LogP contribution is -2.19. The maximum Gasteiger partial charge on any atom is 0.0645 e. The number of allylic oxidation sites excluding steroid dienone is 5. The summed E-state index contributed by atoms with van der Waals surface area (Å²) in [6.45, 7) is 4.75. The van der Waals surface area contributed by atoms with Crippen LogP contribution in [0.2, 0.25) is 0 Å². The first-order chi connectivity index (χ1) is 10.1. The van der Waals surface area contributed by atoms with Crippen molar-refractivity contribution in [2.75, 3.05) is 13.7 Å². The van der Waals surface area contributed by atoms with Crippen LogP contribution in [0.3, 0.4) is 0 Å². The van der Waals surface area contributed by atoms with Crippen LogP contribution in [0.1, 0.15) is 58.8 Å². The van der Waals surface area contributed by atoms with Gasteiger partial charge in [-0.2, -0.15) is 0 Å². The molecule has 2 heteroatoms. The summed E-state index contributed by atoms with van der Waals surface area (Å²) in [5.41, 5.74) is 5.85. The normalized spacial score (nSPS) is 23.4. The molecule has 2 rings (SSSR count). The predicted octanol–water partition coefficient (Wildman–Crippen LogP) is 4.56. The molecular formula is C19H30O2. The van der Waals surface area contributed by atoms with Gasteiger partial charge in [0.1, 0.15) is 0 Å². The quantitative estimate of drug-likeness (QED) is 0.727. The van der Waals surface area contributed by atoms with Gasteiger partial charge in [-0.05, 0) is 56.4 Å². The molecule has 2 nitrogen and oxygen atoms in total. The molecule has 0 heterocycles. The summed E-state index contributed by atoms with van der Waals surface area (Å²) >= 11 is 0. The van der Waals surface area contributed by atoms with Crippen molar-refractivity contribution in [1.82, 2.24) is 0 Å². The average Bonchev–Trinajstić information content (AvgIpc) is 2.53. The van der Waals surface area contributed by atoms with E-state index in [1.807, 2.05) is 0 Å². The first-order valence-corrected chi connectivity index (χ1v) is 8.36. The fourth-order valence-electron chi connectivity index (χ4n) is 3.41. The molecule has 0 aromatic heterocycles. The van der Waals surface area contributed by atoms with Gasteiger partial charge in [0.25, 0.3) is 0 Å². The Hall–Kier alpha value is -0.860. The molecule has 0 fully saturated rings. The molecule has 0 spiro atoms. The fourth-order valence-corrected chi connectivity index (χ4v) is 3.41. The summed E-state index contributed by atoms with van der Waals surface area (Å²) in [5.74, 6) is 0.677. The fraction of sp³-hybridized carbons (Fsp3) is 0.684. The molecule has 118 valence electrons. The SMILES string of the molecule is COC1CCC(CCC2=CC=C(C(C)C)CC2)=C(CO)C1. The van der Waals surface area contributed by atoms with E-state index >= 15 is 0 Å². The van der Waals surface area contributed by atoms with Crippen LogP contribution in [0.5, 0.6) is 0 Å². The largest absolute Gasteiger partial charge is 0.392 e. The summed E-state index contributed by atoms with van der Waals surface area (Å²) in [5, 5.41) is 9.57. The number of ether oxygens (including phenoxy) is 1. The lowest BCUT2D eigenvalue weighted by Gasteiger charge is -2.26. The highest BCUT2D eigenvalue weighted by Crippen LogP contribution is 2.32. The standard InChI is InChI=1S/C19H30O2/c1-14(2)16-7-4-15(5-8-16)6-9-17-10-11-19(21-3)12-18(17)13-20/h4,7,14,19-20H,5-6,8-13H2,1-3H3. The zero-order chi connectivity index (χ0) is 15.2. The van der Waals surface area contributed by atoms with Crippen molar-refractivity contribution < 1.29 is 9.84 Å². The predicted molar refractivity (Wildman–Crippen MR) is 88.2 cm³/mol. The molecule has 0 saturated carbocycles. The molecule has 0 aliphatic heterocycles. The Labute approximate surface area is 129 Å². The van der Waals surface area contributed by atoms with Gasteiger partial charge in [0.2, 0.25) is 0 Å². The molecule has 1 unspecified atom stereocenters. The second-order valence-corrected chi connectivity index (χ2v) is 6.69. The Morgan fingerprint density at radius 1 is 1.14 bits per heavy atom. The highest BCUT2D eigenvalue weighted by atomic mass is 16.5. The minimum atomic E-state index is 0.200. The van der Waals surface area contributed by atoms with E-state index in [2.05, 4.69) is 26.0 Å². The summed E-state index contributed by atoms with van der Waals surface area (Å²) in [6.07, 6.45) is 12.8. The molecule has 0 aromatic rings. The Morgan fingerprint density at radius 2 is 1.95 bits per heavy atom. The Balaban J connectivity index is 1.92. The van der Waals surface area contributed by atoms with E-state index in [1.54, 1.807) is 18.3 Å². The van der Waals surface area contributed by atoms with E-state index in [1.165, 1.54) is 24.0 Å². The van der Waals surface area contributed by atoms with E-state index < -0.39 is 0 Å². The number of hydrogen-bond acceptors (Lipinski definition) is 2. The third kappa shape index (κ3) is 4.55. The molecule has 2 aliphatic carbocycles. The molecule has 2 aliphatic rings. The first-order valence-electron chi connectivity index (χ1n) is 8.36. The van der Waals surface area contributed by atoms with Crippen LogP contribution >= 0.6 is 0 Å². The zero-order valence-electron chi connectivity index (χ0n) is 13.8. The number of aliphatic hydroxyl groups is 1. The molecule has 0 bridgehead atoms. The van der Waals surface area contributed by atoms with Crippen molar-refractivity contribution in [2.45, 2.75) is 64.9 Å². The average molecular weight is 290 g/mol. The molecular weight excluding hydrogens is 260 g/mol. The van der Waals surface area contributed by atoms with Crippen molar-refractivity contribution in [3.63, 3.8) is 0 Å². The lowest BCUT2D eigenvalue weighted by atomic mass is 9.84. The molecule has 21 heavy (non-hydrogen) atoms. The molecule has 1 atom stereocenters. The summed E-state index contributed by atoms with van der Waals surface area (Å²) < 4.78 is 5.44. The van der Waals surface area contributed by atoms with E-state index in [4.69, 9.17) is 4.74 Å². The van der Waals surface area contributed by atoms with E-state index in [0.29, 0.717) is 12.0 Å². The Kier molecular flexibility index (Phi) is 6.25. The van der Waals surface area contributed by atoms with Gasteiger partial charge >= 0.3 is 0 Å². The summed E-state index contributed by atoms with van der Waals surface area (Å²) in [6, 6.07) is 0. The molecule has 0 radical (unpaired) electrons. The maximum absolute atomic E-state index is 9.57. The smallest absolute Gasteiger partial charge is 0.0645 e. The third-order valence-corrected chi connectivity index (χ3v) is 5.02. The van der Waals surface area contributed by atoms with Crippen LogP contribution in [0.25, 0.3) is 0 Å². The number of methoxy groups -OCH3 is 1. The van der Waals surface area contributed by atoms with E-state index in [-0.39, 0.29) is 6.61 Å². The van der Waals surface area contributed by atoms with Crippen LogP contribution in [0, 0.1) is 5.92 Å². The van der Waals surface area contributed by atoms with Gasteiger partial charge in [-0.15, -0.1) is 0 Å². The van der Waals surface area contributed by atoms with Crippen molar-refractivity contribution in [2.24, 2.45) is 5.92 Å². The van der Waals surface area contributed by atoms with Gasteiger partial charge in [0, 0.05) is 7.11 Å². The molecule has 1 N–H and O–H groups in total. The first kappa shape index (κ1) is 16.5. The van der Waals surface area contributed by atoms with Gasteiger partial charge in [0.05, 0.1) is 12.7 Å². The van der Waals surface area contributed by atoms with Crippen LogP contribution in [-0.2, 0) is 4.74 Å². The number of hydrogen-bond donors (Lipinski definition) is 1. The van der Waals surface area contributed by atoms with Gasteiger partial charge < -0.3 is 9.84 Å². The number of rotatable bonds is 6. The van der Waals surface area contributed by atoms with Crippen LogP contribution in [0.15, 0.2) is 34.4 Å². The van der Waals surface area contributed by atoms with Gasteiger partial charge in [0.15, 0.2) is 0 Å². The maximum atomic E-state index is 9.57. The van der Waals surface area contributed by atoms with Crippen molar-refractivity contribution in [1.29, 1.82) is 0 Å². The van der Waals surface area contributed by atoms with Crippen molar-refractivity contribution >= 4 is 0 Å². The molecule has 0 amide bonds. The van der Waals surface area contributed by atoms with E-state index in [9.17, 15) is 5.11 Å². The molecule has 0 aromatic carbocycles. The Bertz CT molecular complexity index is 440. The third-order valence-electron chi connectivity index (χ3n) is 5.02. The van der Waals surface area contributed by atoms with Gasteiger partial charge in [-0.25, -0.2) is 0 Å². The second-order valence-electron chi connectivity index (χ2n) is 6.69. The monoisotopic (exact) mass is 290 g/mol. The minimum absolute atomic E-state index is 0.200. The zero-order valence-corrected chi connectivity index (χ0v) is 13.8. The van der Waals surface area contributed by atoms with Crippen LogP contribution in [-0.4, -0.2) is 24.9 Å². The minimum Gasteiger partial charge on any atom is -0.392 e. The second kappa shape index (κ2) is 7.95. The van der Waals surface area contributed by atoms with Gasteiger partial charge in [-0.1, -0.05) is 42.7 Å². The number of aliphatic hydroxyl groups excluding tert-OH is 1. The topological polar surface area (TPSA) is 29.5 Å². The van der Waals surface area contributed by atoms with Crippen LogP contribution < -0.4 is 0 Å². The highest BCUT2D eigenvalue weighted by molar-refractivity contribution is 5.27. The summed E-state index contributed by atoms with van der Waals surface area (Å²) in [4.78, 5) is 0. The highest BCUT2D eigenvalue weighted by Gasteiger charge is 2.20. The van der Waals surface area contributed by atoms with Gasteiger partial charge in [-0.3, -0.25) is 0 Å². The van der Waals surface area contributed by atoms with Crippen molar-refractivity contribution in [3.8, 4) is 0 Å². The summed E-state index contributed by atoms with van der Waals surface area (Å²) in [7, 11) is 1.77. The van der Waals surface area contributed by atoms with Crippen LogP contribution in [0.4, 0.5) is 0 Å².